The summed E-state index contributed by atoms with van der Waals surface area (Å²) in [4.78, 5) is 0.616. The molecule has 0 radical (unpaired) electrons. The molecule has 0 rings (SSSR count). The Morgan fingerprint density at radius 3 is 2.22 bits per heavy atom. The van der Waals surface area contributed by atoms with Crippen molar-refractivity contribution in [3.63, 3.8) is 0 Å². The van der Waals surface area contributed by atoms with E-state index < -0.39 is 0 Å². The fourth-order valence-electron chi connectivity index (χ4n) is 0.571. The second-order valence-electron chi connectivity index (χ2n) is 2.00. The number of aliphatic hydroxyl groups excluding tert-OH is 1. The van der Waals surface area contributed by atoms with Crippen molar-refractivity contribution >= 4 is 31.9 Å². The number of hydrogen-bond acceptors (Lipinski definition) is 1. The first kappa shape index (κ1) is 9.92. The molecule has 0 saturated carbocycles. The lowest BCUT2D eigenvalue weighted by molar-refractivity contribution is 0.294. The number of aliphatic hydroxyl groups is 1. The molecule has 0 saturated heterocycles. The highest BCUT2D eigenvalue weighted by Crippen LogP contribution is 2.18. The van der Waals surface area contributed by atoms with Crippen molar-refractivity contribution in [2.75, 3.05) is 6.61 Å². The molecule has 0 heterocycles. The molecule has 3 heteroatoms. The van der Waals surface area contributed by atoms with Gasteiger partial charge in [-0.2, -0.15) is 0 Å². The van der Waals surface area contributed by atoms with Gasteiger partial charge < -0.3 is 5.11 Å². The van der Waals surface area contributed by atoms with Gasteiger partial charge in [0.05, 0.1) is 11.4 Å². The minimum atomic E-state index is 0.204. The normalized spacial score (nSPS) is 17.3. The third kappa shape index (κ3) is 4.34. The third-order valence-electron chi connectivity index (χ3n) is 1.13. The molecular weight excluding hydrogens is 248 g/mol. The second kappa shape index (κ2) is 5.69. The molecule has 0 aromatic heterocycles. The number of alkyl halides is 2. The van der Waals surface area contributed by atoms with Crippen LogP contribution in [0.3, 0.4) is 0 Å². The summed E-state index contributed by atoms with van der Waals surface area (Å²) in [5.41, 5.74) is 0. The van der Waals surface area contributed by atoms with Gasteiger partial charge >= 0.3 is 0 Å². The van der Waals surface area contributed by atoms with Crippen LogP contribution in [0.1, 0.15) is 19.8 Å². The Hall–Kier alpha value is 0.920. The first-order valence-electron chi connectivity index (χ1n) is 3.11. The molecule has 0 aliphatic heterocycles. The van der Waals surface area contributed by atoms with Crippen molar-refractivity contribution in [3.8, 4) is 0 Å². The summed E-state index contributed by atoms with van der Waals surface area (Å²) >= 11 is 6.80. The molecule has 9 heavy (non-hydrogen) atoms. The summed E-state index contributed by atoms with van der Waals surface area (Å²) in [6.07, 6.45) is 2.26. The minimum absolute atomic E-state index is 0.204. The highest BCUT2D eigenvalue weighted by molar-refractivity contribution is 9.12. The first-order chi connectivity index (χ1) is 4.22. The highest BCUT2D eigenvalue weighted by atomic mass is 79.9. The second-order valence-corrected chi connectivity index (χ2v) is 4.36. The van der Waals surface area contributed by atoms with E-state index in [1.807, 2.05) is 0 Å². The van der Waals surface area contributed by atoms with Crippen LogP contribution in [-0.4, -0.2) is 21.4 Å². The van der Waals surface area contributed by atoms with E-state index in [1.165, 1.54) is 0 Å². The summed E-state index contributed by atoms with van der Waals surface area (Å²) in [6, 6.07) is 0. The van der Waals surface area contributed by atoms with Gasteiger partial charge in [0.2, 0.25) is 0 Å². The van der Waals surface area contributed by atoms with Crippen molar-refractivity contribution in [2.45, 2.75) is 29.4 Å². The van der Waals surface area contributed by atoms with Crippen LogP contribution in [-0.2, 0) is 0 Å². The van der Waals surface area contributed by atoms with E-state index in [9.17, 15) is 0 Å². The van der Waals surface area contributed by atoms with E-state index in [-0.39, 0.29) is 11.4 Å². The van der Waals surface area contributed by atoms with Gasteiger partial charge in [0, 0.05) is 4.83 Å². The first-order valence-corrected chi connectivity index (χ1v) is 4.94. The summed E-state index contributed by atoms with van der Waals surface area (Å²) in [5, 5.41) is 8.65. The van der Waals surface area contributed by atoms with E-state index in [4.69, 9.17) is 5.11 Å². The Balaban J connectivity index is 3.32. The molecule has 0 bridgehead atoms. The number of hydrogen-bond donors (Lipinski definition) is 1. The maximum Gasteiger partial charge on any atom is 0.0567 e. The predicted molar refractivity (Wildman–Crippen MR) is 47.4 cm³/mol. The Morgan fingerprint density at radius 1 is 1.33 bits per heavy atom. The van der Waals surface area contributed by atoms with Crippen LogP contribution < -0.4 is 0 Å². The SMILES string of the molecule is CCC[C@H](Br)[C@@H](Br)CO. The van der Waals surface area contributed by atoms with Gasteiger partial charge in [0.1, 0.15) is 0 Å². The van der Waals surface area contributed by atoms with Gasteiger partial charge in [-0.1, -0.05) is 45.2 Å². The molecule has 0 fully saturated rings. The van der Waals surface area contributed by atoms with E-state index >= 15 is 0 Å². The van der Waals surface area contributed by atoms with Crippen LogP contribution in [0.2, 0.25) is 0 Å². The van der Waals surface area contributed by atoms with Crippen molar-refractivity contribution < 1.29 is 5.11 Å². The van der Waals surface area contributed by atoms with Crippen molar-refractivity contribution in [2.24, 2.45) is 0 Å². The summed E-state index contributed by atoms with van der Waals surface area (Å²) in [6.45, 7) is 2.33. The Kier molecular flexibility index (Phi) is 6.27. The summed E-state index contributed by atoms with van der Waals surface area (Å²) in [7, 11) is 0. The zero-order chi connectivity index (χ0) is 7.28. The molecule has 0 aliphatic carbocycles. The van der Waals surface area contributed by atoms with Crippen molar-refractivity contribution in [3.05, 3.63) is 0 Å². The molecular formula is C6H12Br2O. The van der Waals surface area contributed by atoms with Crippen LogP contribution in [0.4, 0.5) is 0 Å². The highest BCUT2D eigenvalue weighted by Gasteiger charge is 2.12. The zero-order valence-electron chi connectivity index (χ0n) is 5.48. The van der Waals surface area contributed by atoms with E-state index in [1.54, 1.807) is 0 Å². The van der Waals surface area contributed by atoms with Crippen LogP contribution in [0, 0.1) is 0 Å². The minimum Gasteiger partial charge on any atom is -0.395 e. The molecule has 1 N–H and O–H groups in total. The summed E-state index contributed by atoms with van der Waals surface area (Å²) < 4.78 is 0. The van der Waals surface area contributed by atoms with Gasteiger partial charge in [-0.05, 0) is 6.42 Å². The maximum absolute atomic E-state index is 8.65. The zero-order valence-corrected chi connectivity index (χ0v) is 8.65. The topological polar surface area (TPSA) is 20.2 Å². The van der Waals surface area contributed by atoms with Crippen molar-refractivity contribution in [1.29, 1.82) is 0 Å². The van der Waals surface area contributed by atoms with Gasteiger partial charge in [-0.3, -0.25) is 0 Å². The van der Waals surface area contributed by atoms with Crippen LogP contribution >= 0.6 is 31.9 Å². The fraction of sp³-hybridized carbons (Fsp3) is 1.00. The Labute approximate surface area is 73.1 Å². The average molecular weight is 260 g/mol. The lowest BCUT2D eigenvalue weighted by Crippen LogP contribution is -2.17. The fourth-order valence-corrected chi connectivity index (χ4v) is 1.46. The van der Waals surface area contributed by atoms with Crippen LogP contribution in [0.5, 0.6) is 0 Å². The molecule has 0 unspecified atom stereocenters. The Bertz CT molecular complexity index is 68.1. The van der Waals surface area contributed by atoms with Gasteiger partial charge in [-0.15, -0.1) is 0 Å². The predicted octanol–water partition coefficient (Wildman–Crippen LogP) is 2.31. The number of halogens is 2. The molecule has 56 valence electrons. The maximum atomic E-state index is 8.65. The molecule has 0 aromatic carbocycles. The van der Waals surface area contributed by atoms with Crippen molar-refractivity contribution in [1.82, 2.24) is 0 Å². The molecule has 0 aliphatic rings. The quantitative estimate of drug-likeness (QED) is 0.769. The lowest BCUT2D eigenvalue weighted by atomic mass is 10.2. The van der Waals surface area contributed by atoms with Gasteiger partial charge in [-0.25, -0.2) is 0 Å². The monoisotopic (exact) mass is 258 g/mol. The molecule has 2 atom stereocenters. The van der Waals surface area contributed by atoms with Crippen LogP contribution in [0.25, 0.3) is 0 Å². The third-order valence-corrected chi connectivity index (χ3v) is 3.86. The van der Waals surface area contributed by atoms with E-state index in [0.717, 1.165) is 12.8 Å². The molecule has 0 spiro atoms. The van der Waals surface area contributed by atoms with E-state index in [0.29, 0.717) is 4.83 Å². The largest absolute Gasteiger partial charge is 0.395 e. The lowest BCUT2D eigenvalue weighted by Gasteiger charge is -2.11. The van der Waals surface area contributed by atoms with Crippen LogP contribution in [0.15, 0.2) is 0 Å². The smallest absolute Gasteiger partial charge is 0.0567 e. The average Bonchev–Trinajstić information content (AvgIpc) is 1.87. The Morgan fingerprint density at radius 2 is 1.89 bits per heavy atom. The van der Waals surface area contributed by atoms with Gasteiger partial charge in [0.25, 0.3) is 0 Å². The molecule has 0 amide bonds. The van der Waals surface area contributed by atoms with E-state index in [2.05, 4.69) is 38.8 Å². The summed E-state index contributed by atoms with van der Waals surface area (Å²) in [5.74, 6) is 0. The molecule has 1 nitrogen and oxygen atoms in total. The standard InChI is InChI=1S/C6H12Br2O/c1-2-3-5(7)6(8)4-9/h5-6,9H,2-4H2,1H3/t5-,6-/m0/s1. The molecule has 0 aromatic rings. The van der Waals surface area contributed by atoms with Gasteiger partial charge in [0.15, 0.2) is 0 Å². The number of rotatable bonds is 4.